The van der Waals surface area contributed by atoms with Crippen molar-refractivity contribution in [2.45, 2.75) is 25.9 Å². The van der Waals surface area contributed by atoms with Gasteiger partial charge in [0.25, 0.3) is 5.91 Å². The van der Waals surface area contributed by atoms with Crippen molar-refractivity contribution in [3.8, 4) is 0 Å². The first kappa shape index (κ1) is 16.5. The molecule has 3 N–H and O–H groups in total. The first-order valence-electron chi connectivity index (χ1n) is 5.10. The fourth-order valence-electron chi connectivity index (χ4n) is 1.26. The highest BCUT2D eigenvalue weighted by Crippen LogP contribution is 2.10. The molecule has 0 unspecified atom stereocenters. The molecular formula is C11H17ClN2O4. The average Bonchev–Trinajstić information content (AvgIpc) is 2.75. The Labute approximate surface area is 111 Å². The van der Waals surface area contributed by atoms with Gasteiger partial charge in [0.1, 0.15) is 11.3 Å². The summed E-state index contributed by atoms with van der Waals surface area (Å²) in [6.45, 7) is 3.31. The van der Waals surface area contributed by atoms with Crippen LogP contribution in [0.1, 0.15) is 30.2 Å². The van der Waals surface area contributed by atoms with Crippen LogP contribution in [0.3, 0.4) is 0 Å². The Morgan fingerprint density at radius 1 is 1.44 bits per heavy atom. The Morgan fingerprint density at radius 3 is 2.50 bits per heavy atom. The normalized spacial score (nSPS) is 10.4. The third-order valence-electron chi connectivity index (χ3n) is 2.21. The van der Waals surface area contributed by atoms with Gasteiger partial charge in [0.2, 0.25) is 0 Å². The number of carbonyl (C=O) groups is 2. The maximum Gasteiger partial charge on any atom is 0.330 e. The highest BCUT2D eigenvalue weighted by atomic mass is 35.5. The molecule has 18 heavy (non-hydrogen) atoms. The van der Waals surface area contributed by atoms with Gasteiger partial charge in [-0.05, 0) is 26.0 Å². The largest absolute Gasteiger partial charge is 0.467 e. The van der Waals surface area contributed by atoms with E-state index in [4.69, 9.17) is 10.2 Å². The highest BCUT2D eigenvalue weighted by molar-refractivity contribution is 5.95. The van der Waals surface area contributed by atoms with Crippen molar-refractivity contribution in [1.29, 1.82) is 0 Å². The van der Waals surface area contributed by atoms with Crippen LogP contribution in [0.25, 0.3) is 0 Å². The van der Waals surface area contributed by atoms with Gasteiger partial charge in [-0.1, -0.05) is 0 Å². The molecule has 1 heterocycles. The van der Waals surface area contributed by atoms with Crippen molar-refractivity contribution in [2.75, 3.05) is 7.11 Å². The van der Waals surface area contributed by atoms with E-state index in [0.29, 0.717) is 5.76 Å². The molecule has 0 saturated carbocycles. The second kappa shape index (κ2) is 6.42. The van der Waals surface area contributed by atoms with E-state index in [1.807, 2.05) is 0 Å². The van der Waals surface area contributed by atoms with E-state index < -0.39 is 17.4 Å². The lowest BCUT2D eigenvalue weighted by Gasteiger charge is -2.22. The Balaban J connectivity index is 0.00000289. The van der Waals surface area contributed by atoms with Gasteiger partial charge in [0, 0.05) is 0 Å². The molecule has 0 saturated heterocycles. The Morgan fingerprint density at radius 2 is 2.06 bits per heavy atom. The molecule has 1 aromatic heterocycles. The molecule has 1 aromatic rings. The zero-order valence-electron chi connectivity index (χ0n) is 10.5. The van der Waals surface area contributed by atoms with Crippen molar-refractivity contribution in [1.82, 2.24) is 5.32 Å². The van der Waals surface area contributed by atoms with Gasteiger partial charge in [-0.2, -0.15) is 0 Å². The average molecular weight is 277 g/mol. The number of carbonyl (C=O) groups excluding carboxylic acids is 2. The maximum atomic E-state index is 11.8. The number of rotatable bonds is 4. The SMILES string of the molecule is COC(=O)C(C)(C)NC(=O)c1ccc(CN)o1.Cl. The molecule has 0 spiro atoms. The van der Waals surface area contributed by atoms with Crippen LogP contribution in [0, 0.1) is 0 Å². The zero-order chi connectivity index (χ0) is 13.1. The maximum absolute atomic E-state index is 11.8. The summed E-state index contributed by atoms with van der Waals surface area (Å²) >= 11 is 0. The molecule has 0 aliphatic rings. The lowest BCUT2D eigenvalue weighted by molar-refractivity contribution is -0.146. The van der Waals surface area contributed by atoms with Crippen LogP contribution >= 0.6 is 12.4 Å². The van der Waals surface area contributed by atoms with E-state index in [0.717, 1.165) is 0 Å². The summed E-state index contributed by atoms with van der Waals surface area (Å²) in [5.74, 6) is -0.398. The monoisotopic (exact) mass is 276 g/mol. The van der Waals surface area contributed by atoms with Crippen LogP contribution in [0.4, 0.5) is 0 Å². The molecule has 0 radical (unpaired) electrons. The molecule has 0 bridgehead atoms. The third kappa shape index (κ3) is 3.75. The number of amides is 1. The quantitative estimate of drug-likeness (QED) is 0.795. The van der Waals surface area contributed by atoms with Gasteiger partial charge in [-0.15, -0.1) is 12.4 Å². The van der Waals surface area contributed by atoms with Gasteiger partial charge >= 0.3 is 5.97 Å². The molecular weight excluding hydrogens is 260 g/mol. The molecule has 0 fully saturated rings. The molecule has 0 aliphatic carbocycles. The minimum Gasteiger partial charge on any atom is -0.467 e. The molecule has 0 aromatic carbocycles. The van der Waals surface area contributed by atoms with Crippen LogP contribution in [0.2, 0.25) is 0 Å². The molecule has 7 heteroatoms. The van der Waals surface area contributed by atoms with E-state index in [2.05, 4.69) is 10.1 Å². The first-order chi connectivity index (χ1) is 7.90. The van der Waals surface area contributed by atoms with Crippen molar-refractivity contribution in [3.63, 3.8) is 0 Å². The van der Waals surface area contributed by atoms with Crippen molar-refractivity contribution >= 4 is 24.3 Å². The van der Waals surface area contributed by atoms with Crippen molar-refractivity contribution in [3.05, 3.63) is 23.7 Å². The smallest absolute Gasteiger partial charge is 0.330 e. The summed E-state index contributed by atoms with van der Waals surface area (Å²) in [6, 6.07) is 3.12. The number of nitrogens with one attached hydrogen (secondary N) is 1. The number of halogens is 1. The summed E-state index contributed by atoms with van der Waals surface area (Å²) in [6.07, 6.45) is 0. The van der Waals surface area contributed by atoms with E-state index in [-0.39, 0.29) is 24.7 Å². The lowest BCUT2D eigenvalue weighted by atomic mass is 10.1. The second-order valence-electron chi connectivity index (χ2n) is 4.04. The zero-order valence-corrected chi connectivity index (χ0v) is 11.3. The topological polar surface area (TPSA) is 94.6 Å². The van der Waals surface area contributed by atoms with Gasteiger partial charge in [0.15, 0.2) is 5.76 Å². The van der Waals surface area contributed by atoms with Crippen molar-refractivity contribution in [2.24, 2.45) is 5.73 Å². The first-order valence-corrected chi connectivity index (χ1v) is 5.10. The van der Waals surface area contributed by atoms with Crippen LogP contribution in [0.5, 0.6) is 0 Å². The molecule has 6 nitrogen and oxygen atoms in total. The minimum absolute atomic E-state index is 0. The Kier molecular flexibility index (Phi) is 5.87. The molecule has 1 rings (SSSR count). The van der Waals surface area contributed by atoms with Gasteiger partial charge < -0.3 is 20.2 Å². The number of hydrogen-bond acceptors (Lipinski definition) is 5. The number of esters is 1. The van der Waals surface area contributed by atoms with Crippen molar-refractivity contribution < 1.29 is 18.7 Å². The molecule has 1 amide bonds. The Hall–Kier alpha value is -1.53. The number of nitrogens with two attached hydrogens (primary N) is 1. The number of ether oxygens (including phenoxy) is 1. The molecule has 0 atom stereocenters. The third-order valence-corrected chi connectivity index (χ3v) is 2.21. The van der Waals surface area contributed by atoms with Crippen LogP contribution in [0.15, 0.2) is 16.5 Å². The summed E-state index contributed by atoms with van der Waals surface area (Å²) in [5.41, 5.74) is 4.25. The minimum atomic E-state index is -1.11. The number of furan rings is 1. The Bertz CT molecular complexity index is 428. The molecule has 0 aliphatic heterocycles. The second-order valence-corrected chi connectivity index (χ2v) is 4.04. The fourth-order valence-corrected chi connectivity index (χ4v) is 1.26. The molecule has 102 valence electrons. The number of hydrogen-bond donors (Lipinski definition) is 2. The summed E-state index contributed by atoms with van der Waals surface area (Å²) < 4.78 is 9.74. The van der Waals surface area contributed by atoms with E-state index in [1.165, 1.54) is 13.2 Å². The number of methoxy groups -OCH3 is 1. The standard InChI is InChI=1S/C11H16N2O4.ClH/c1-11(2,10(15)16-3)13-9(14)8-5-4-7(6-12)17-8;/h4-5H,6,12H2,1-3H3,(H,13,14);1H. The summed E-state index contributed by atoms with van der Waals surface area (Å²) in [4.78, 5) is 23.1. The predicted octanol–water partition coefficient (Wildman–Crippen LogP) is 0.841. The predicted molar refractivity (Wildman–Crippen MR) is 67.4 cm³/mol. The van der Waals surface area contributed by atoms with Gasteiger partial charge in [0.05, 0.1) is 13.7 Å². The summed E-state index contributed by atoms with van der Waals surface area (Å²) in [7, 11) is 1.26. The highest BCUT2D eigenvalue weighted by Gasteiger charge is 2.31. The fraction of sp³-hybridized carbons (Fsp3) is 0.455. The van der Waals surface area contributed by atoms with E-state index in [1.54, 1.807) is 19.9 Å². The van der Waals surface area contributed by atoms with Gasteiger partial charge in [-0.3, -0.25) is 4.79 Å². The van der Waals surface area contributed by atoms with Crippen LogP contribution < -0.4 is 11.1 Å². The summed E-state index contributed by atoms with van der Waals surface area (Å²) in [5, 5.41) is 2.51. The van der Waals surface area contributed by atoms with E-state index in [9.17, 15) is 9.59 Å². The van der Waals surface area contributed by atoms with Crippen LogP contribution in [-0.2, 0) is 16.1 Å². The van der Waals surface area contributed by atoms with E-state index >= 15 is 0 Å². The van der Waals surface area contributed by atoms with Crippen LogP contribution in [-0.4, -0.2) is 24.5 Å². The van der Waals surface area contributed by atoms with Gasteiger partial charge in [-0.25, -0.2) is 4.79 Å². The lowest BCUT2D eigenvalue weighted by Crippen LogP contribution is -2.50.